The maximum absolute atomic E-state index is 4.75. The molecule has 0 bridgehead atoms. The van der Waals surface area contributed by atoms with Gasteiger partial charge >= 0.3 is 0 Å². The number of pyridine rings is 1. The number of fused-ring (bicyclic) bond motifs is 3. The fourth-order valence-electron chi connectivity index (χ4n) is 4.66. The Hall–Kier alpha value is -3.49. The lowest BCUT2D eigenvalue weighted by molar-refractivity contribution is 1.32. The molecule has 0 aliphatic heterocycles. The summed E-state index contributed by atoms with van der Waals surface area (Å²) in [6.45, 7) is 0. The van der Waals surface area contributed by atoms with Crippen molar-refractivity contribution in [1.29, 1.82) is 0 Å². The van der Waals surface area contributed by atoms with Crippen molar-refractivity contribution in [3.05, 3.63) is 114 Å². The molecule has 0 saturated carbocycles. The Balaban J connectivity index is 1.82. The largest absolute Gasteiger partial charge is 0.255 e. The van der Waals surface area contributed by atoms with Gasteiger partial charge in [0.15, 0.2) is 0 Å². The quantitative estimate of drug-likeness (QED) is 0.236. The van der Waals surface area contributed by atoms with Crippen LogP contribution in [-0.2, 0) is 0 Å². The topological polar surface area (TPSA) is 12.9 Å². The van der Waals surface area contributed by atoms with Gasteiger partial charge in [0.05, 0.1) is 5.69 Å². The number of nitrogens with zero attached hydrogens (tertiary/aromatic N) is 1. The minimum Gasteiger partial charge on any atom is -0.255 e. The Morgan fingerprint density at radius 3 is 1.65 bits per heavy atom. The van der Waals surface area contributed by atoms with E-state index >= 15 is 0 Å². The van der Waals surface area contributed by atoms with E-state index in [0.717, 1.165) is 10.2 Å². The second-order valence-electron chi connectivity index (χ2n) is 7.73. The maximum Gasteiger partial charge on any atom is 0.0715 e. The van der Waals surface area contributed by atoms with E-state index in [1.54, 1.807) is 0 Å². The zero-order chi connectivity index (χ0) is 20.8. The van der Waals surface area contributed by atoms with Crippen molar-refractivity contribution in [3.8, 4) is 22.4 Å². The van der Waals surface area contributed by atoms with Gasteiger partial charge in [0.25, 0.3) is 0 Å². The van der Waals surface area contributed by atoms with Crippen molar-refractivity contribution in [2.75, 3.05) is 0 Å². The van der Waals surface area contributed by atoms with Gasteiger partial charge in [-0.3, -0.25) is 4.98 Å². The smallest absolute Gasteiger partial charge is 0.0715 e. The minimum atomic E-state index is 0.984. The van der Waals surface area contributed by atoms with Crippen LogP contribution in [0.4, 0.5) is 0 Å². The summed E-state index contributed by atoms with van der Waals surface area (Å²) in [7, 11) is 0. The maximum atomic E-state index is 4.75. The highest BCUT2D eigenvalue weighted by Crippen LogP contribution is 2.44. The van der Waals surface area contributed by atoms with E-state index in [1.807, 2.05) is 6.20 Å². The Morgan fingerprint density at radius 2 is 1.03 bits per heavy atom. The van der Waals surface area contributed by atoms with Crippen LogP contribution in [0.5, 0.6) is 0 Å². The average molecular weight is 460 g/mol. The predicted molar refractivity (Wildman–Crippen MR) is 135 cm³/mol. The number of hydrogen-bond donors (Lipinski definition) is 0. The number of halogens is 1. The molecule has 0 aliphatic carbocycles. The van der Waals surface area contributed by atoms with E-state index in [-0.39, 0.29) is 0 Å². The van der Waals surface area contributed by atoms with Crippen molar-refractivity contribution < 1.29 is 0 Å². The van der Waals surface area contributed by atoms with Crippen LogP contribution < -0.4 is 0 Å². The molecule has 0 N–H and O–H groups in total. The third-order valence-corrected chi connectivity index (χ3v) is 6.44. The van der Waals surface area contributed by atoms with Crippen molar-refractivity contribution in [2.24, 2.45) is 0 Å². The summed E-state index contributed by atoms with van der Waals surface area (Å²) in [6.07, 6.45) is 1.87. The molecule has 146 valence electrons. The molecule has 0 aliphatic rings. The molecule has 1 aromatic heterocycles. The highest BCUT2D eigenvalue weighted by atomic mass is 79.9. The Labute approximate surface area is 189 Å². The van der Waals surface area contributed by atoms with E-state index in [0.29, 0.717) is 0 Å². The van der Waals surface area contributed by atoms with E-state index in [4.69, 9.17) is 4.98 Å². The highest BCUT2D eigenvalue weighted by molar-refractivity contribution is 9.10. The lowest BCUT2D eigenvalue weighted by Gasteiger charge is -2.18. The van der Waals surface area contributed by atoms with Crippen LogP contribution in [0, 0.1) is 0 Å². The molecule has 31 heavy (non-hydrogen) atoms. The van der Waals surface area contributed by atoms with Gasteiger partial charge in [-0.15, -0.1) is 0 Å². The molecule has 6 rings (SSSR count). The molecule has 0 fully saturated rings. The molecular weight excluding hydrogens is 442 g/mol. The Kier molecular flexibility index (Phi) is 4.33. The highest BCUT2D eigenvalue weighted by Gasteiger charge is 2.18. The Morgan fingerprint density at radius 1 is 0.484 bits per heavy atom. The molecule has 0 amide bonds. The molecule has 1 nitrogen and oxygen atoms in total. The fourth-order valence-corrected chi connectivity index (χ4v) is 4.90. The second kappa shape index (κ2) is 7.33. The number of aromatic nitrogens is 1. The second-order valence-corrected chi connectivity index (χ2v) is 8.65. The SMILES string of the molecule is Brc1ccc(-c2c3ccccc3c(-c3cccc4ccccc34)c3ccccc23)nc1. The lowest BCUT2D eigenvalue weighted by atomic mass is 9.86. The predicted octanol–water partition coefficient (Wildman–Crippen LogP) is 8.64. The third-order valence-electron chi connectivity index (χ3n) is 5.97. The van der Waals surface area contributed by atoms with Crippen molar-refractivity contribution in [2.45, 2.75) is 0 Å². The summed E-state index contributed by atoms with van der Waals surface area (Å²) < 4.78 is 0.984. The standard InChI is InChI=1S/C29H18BrN/c30-20-16-17-27(31-18-20)29-25-13-5-3-11-23(25)28(24-12-4-6-14-26(24)29)22-15-7-9-19-8-1-2-10-21(19)22/h1-18H. The van der Waals surface area contributed by atoms with Gasteiger partial charge in [-0.1, -0.05) is 91.0 Å². The first-order valence-electron chi connectivity index (χ1n) is 10.3. The van der Waals surface area contributed by atoms with Gasteiger partial charge in [0, 0.05) is 16.2 Å². The molecule has 0 unspecified atom stereocenters. The van der Waals surface area contributed by atoms with E-state index < -0.39 is 0 Å². The van der Waals surface area contributed by atoms with Gasteiger partial charge in [-0.05, 0) is 71.5 Å². The van der Waals surface area contributed by atoms with Crippen molar-refractivity contribution in [1.82, 2.24) is 4.98 Å². The molecule has 0 spiro atoms. The number of hydrogen-bond acceptors (Lipinski definition) is 1. The fraction of sp³-hybridized carbons (Fsp3) is 0. The molecular formula is C29H18BrN. The van der Waals surface area contributed by atoms with Crippen LogP contribution in [0.2, 0.25) is 0 Å². The van der Waals surface area contributed by atoms with Gasteiger partial charge in [0.2, 0.25) is 0 Å². The van der Waals surface area contributed by atoms with Crippen molar-refractivity contribution in [3.63, 3.8) is 0 Å². The lowest BCUT2D eigenvalue weighted by Crippen LogP contribution is -1.92. The van der Waals surface area contributed by atoms with Gasteiger partial charge < -0.3 is 0 Å². The minimum absolute atomic E-state index is 0.984. The summed E-state index contributed by atoms with van der Waals surface area (Å²) in [6, 6.07) is 36.8. The van der Waals surface area contributed by atoms with Crippen molar-refractivity contribution >= 4 is 48.2 Å². The van der Waals surface area contributed by atoms with Crippen LogP contribution in [0.15, 0.2) is 114 Å². The molecule has 2 heteroatoms. The molecule has 1 heterocycles. The first-order chi connectivity index (χ1) is 15.3. The van der Waals surface area contributed by atoms with E-state index in [1.165, 1.54) is 49.0 Å². The van der Waals surface area contributed by atoms with Crippen LogP contribution in [0.25, 0.3) is 54.7 Å². The van der Waals surface area contributed by atoms with Crippen LogP contribution in [0.3, 0.4) is 0 Å². The van der Waals surface area contributed by atoms with Gasteiger partial charge in [-0.25, -0.2) is 0 Å². The van der Waals surface area contributed by atoms with Gasteiger partial charge in [-0.2, -0.15) is 0 Å². The summed E-state index contributed by atoms with van der Waals surface area (Å²) in [5, 5.41) is 7.47. The third kappa shape index (κ3) is 2.95. The average Bonchev–Trinajstić information content (AvgIpc) is 2.83. The van der Waals surface area contributed by atoms with Gasteiger partial charge in [0.1, 0.15) is 0 Å². The molecule has 0 radical (unpaired) electrons. The van der Waals surface area contributed by atoms with E-state index in [2.05, 4.69) is 119 Å². The summed E-state index contributed by atoms with van der Waals surface area (Å²) in [5.74, 6) is 0. The summed E-state index contributed by atoms with van der Waals surface area (Å²) in [5.41, 5.74) is 4.72. The normalized spacial score (nSPS) is 11.4. The first-order valence-corrected chi connectivity index (χ1v) is 11.1. The van der Waals surface area contributed by atoms with Crippen LogP contribution >= 0.6 is 15.9 Å². The zero-order valence-electron chi connectivity index (χ0n) is 16.7. The first kappa shape index (κ1) is 18.3. The molecule has 6 aromatic rings. The summed E-state index contributed by atoms with van der Waals surface area (Å²) >= 11 is 3.52. The monoisotopic (exact) mass is 459 g/mol. The zero-order valence-corrected chi connectivity index (χ0v) is 18.3. The molecule has 5 aromatic carbocycles. The van der Waals surface area contributed by atoms with Crippen LogP contribution in [0.1, 0.15) is 0 Å². The molecule has 0 atom stereocenters. The van der Waals surface area contributed by atoms with Crippen LogP contribution in [-0.4, -0.2) is 4.98 Å². The molecule has 0 saturated heterocycles. The number of rotatable bonds is 2. The number of benzene rings is 5. The summed E-state index contributed by atoms with van der Waals surface area (Å²) in [4.78, 5) is 4.75. The Bertz CT molecular complexity index is 1520. The van der Waals surface area contributed by atoms with E-state index in [9.17, 15) is 0 Å².